The van der Waals surface area contributed by atoms with Gasteiger partial charge in [-0.15, -0.1) is 0 Å². The molecule has 0 radical (unpaired) electrons. The van der Waals surface area contributed by atoms with Crippen LogP contribution in [0.1, 0.15) is 28.4 Å². The van der Waals surface area contributed by atoms with Gasteiger partial charge in [0.05, 0.1) is 5.57 Å². The van der Waals surface area contributed by atoms with E-state index in [1.807, 2.05) is 0 Å². The fraction of sp³-hybridized carbons (Fsp3) is 0.0588. The smallest absolute Gasteiger partial charge is 0.221 e. The number of ketones is 1. The van der Waals surface area contributed by atoms with Crippen LogP contribution in [-0.2, 0) is 4.79 Å². The van der Waals surface area contributed by atoms with Crippen LogP contribution in [0.2, 0.25) is 0 Å². The van der Waals surface area contributed by atoms with Gasteiger partial charge >= 0.3 is 0 Å². The number of nitrogens with one attached hydrogen (secondary N) is 1. The molecule has 0 spiro atoms. The number of rotatable bonds is 2. The monoisotopic (exact) mass is 279 g/mol. The van der Waals surface area contributed by atoms with Crippen LogP contribution in [0.25, 0.3) is 11.3 Å². The molecular formula is C17H13NO3. The molecule has 1 aliphatic rings. The summed E-state index contributed by atoms with van der Waals surface area (Å²) in [5.74, 6) is -0.340. The quantitative estimate of drug-likeness (QED) is 0.886. The molecule has 0 heterocycles. The first-order valence-corrected chi connectivity index (χ1v) is 6.53. The van der Waals surface area contributed by atoms with Crippen molar-refractivity contribution in [3.8, 4) is 0 Å². The molecule has 4 nitrogen and oxygen atoms in total. The maximum Gasteiger partial charge on any atom is 0.221 e. The van der Waals surface area contributed by atoms with E-state index in [1.165, 1.54) is 6.92 Å². The van der Waals surface area contributed by atoms with Gasteiger partial charge in [0.1, 0.15) is 5.76 Å². The van der Waals surface area contributed by atoms with Crippen molar-refractivity contribution in [1.29, 1.82) is 0 Å². The number of hydrogen-bond acceptors (Lipinski definition) is 3. The van der Waals surface area contributed by atoms with Crippen LogP contribution < -0.4 is 5.32 Å². The second-order valence-corrected chi connectivity index (χ2v) is 4.86. The van der Waals surface area contributed by atoms with Crippen molar-refractivity contribution in [3.63, 3.8) is 0 Å². The second-order valence-electron chi connectivity index (χ2n) is 4.86. The van der Waals surface area contributed by atoms with Crippen molar-refractivity contribution < 1.29 is 14.7 Å². The molecule has 4 heteroatoms. The number of carbonyl (C=O) groups excluding carboxylic acids is 2. The standard InChI is InChI=1S/C17H13NO3/c1-10(19)18-12-8-6-11(7-9-12)15-16(20)13-4-2-3-5-14(13)17(15)21/h2-9,20H,1H3,(H,18,19). The van der Waals surface area contributed by atoms with Crippen LogP contribution >= 0.6 is 0 Å². The van der Waals surface area contributed by atoms with Crippen molar-refractivity contribution in [2.75, 3.05) is 5.32 Å². The highest BCUT2D eigenvalue weighted by molar-refractivity contribution is 6.38. The zero-order chi connectivity index (χ0) is 15.0. The molecule has 0 saturated carbocycles. The molecule has 0 unspecified atom stereocenters. The van der Waals surface area contributed by atoms with Gasteiger partial charge < -0.3 is 10.4 Å². The van der Waals surface area contributed by atoms with Gasteiger partial charge in [-0.25, -0.2) is 0 Å². The summed E-state index contributed by atoms with van der Waals surface area (Å²) in [5.41, 5.74) is 2.64. The molecule has 0 bridgehead atoms. The van der Waals surface area contributed by atoms with Gasteiger partial charge in [0, 0.05) is 23.7 Å². The molecule has 2 N–H and O–H groups in total. The van der Waals surface area contributed by atoms with Crippen molar-refractivity contribution in [2.24, 2.45) is 0 Å². The number of benzene rings is 2. The van der Waals surface area contributed by atoms with Crippen LogP contribution in [0.3, 0.4) is 0 Å². The summed E-state index contributed by atoms with van der Waals surface area (Å²) in [6.45, 7) is 1.43. The normalized spacial score (nSPS) is 13.3. The minimum Gasteiger partial charge on any atom is -0.507 e. The maximum absolute atomic E-state index is 12.4. The Labute approximate surface area is 121 Å². The molecule has 2 aromatic carbocycles. The molecular weight excluding hydrogens is 266 g/mol. The van der Waals surface area contributed by atoms with E-state index in [1.54, 1.807) is 48.5 Å². The molecule has 2 aromatic rings. The Morgan fingerprint density at radius 1 is 1.00 bits per heavy atom. The molecule has 1 aliphatic carbocycles. The number of Topliss-reactive ketones (excluding diaryl/α,β-unsaturated/α-hetero) is 1. The summed E-state index contributed by atoms with van der Waals surface area (Å²) in [6, 6.07) is 13.8. The predicted octanol–water partition coefficient (Wildman–Crippen LogP) is 3.27. The lowest BCUT2D eigenvalue weighted by Gasteiger charge is -2.05. The number of anilines is 1. The highest BCUT2D eigenvalue weighted by atomic mass is 16.3. The number of aliphatic hydroxyl groups is 1. The highest BCUT2D eigenvalue weighted by Crippen LogP contribution is 2.36. The average molecular weight is 279 g/mol. The average Bonchev–Trinajstić information content (AvgIpc) is 2.72. The van der Waals surface area contributed by atoms with Crippen molar-refractivity contribution >= 4 is 28.7 Å². The van der Waals surface area contributed by atoms with E-state index >= 15 is 0 Å². The molecule has 0 saturated heterocycles. The minimum atomic E-state index is -0.185. The lowest BCUT2D eigenvalue weighted by atomic mass is 10.0. The summed E-state index contributed by atoms with van der Waals surface area (Å²) < 4.78 is 0. The maximum atomic E-state index is 12.4. The van der Waals surface area contributed by atoms with Crippen molar-refractivity contribution in [2.45, 2.75) is 6.92 Å². The Hall–Kier alpha value is -2.88. The lowest BCUT2D eigenvalue weighted by molar-refractivity contribution is -0.114. The number of allylic oxidation sites excluding steroid dienone is 1. The third-order valence-corrected chi connectivity index (χ3v) is 3.38. The Balaban J connectivity index is 2.00. The molecule has 0 aromatic heterocycles. The van der Waals surface area contributed by atoms with Gasteiger partial charge in [-0.05, 0) is 17.7 Å². The molecule has 104 valence electrons. The van der Waals surface area contributed by atoms with E-state index < -0.39 is 0 Å². The molecule has 21 heavy (non-hydrogen) atoms. The third kappa shape index (κ3) is 2.21. The summed E-state index contributed by atoms with van der Waals surface area (Å²) in [5, 5.41) is 12.9. The first-order valence-electron chi connectivity index (χ1n) is 6.53. The minimum absolute atomic E-state index is 0.00266. The van der Waals surface area contributed by atoms with Crippen LogP contribution in [-0.4, -0.2) is 16.8 Å². The van der Waals surface area contributed by atoms with Crippen LogP contribution in [0, 0.1) is 0 Å². The lowest BCUT2D eigenvalue weighted by Crippen LogP contribution is -2.05. The van der Waals surface area contributed by atoms with E-state index in [-0.39, 0.29) is 17.4 Å². The number of amides is 1. The zero-order valence-corrected chi connectivity index (χ0v) is 11.4. The Kier molecular flexibility index (Phi) is 3.06. The van der Waals surface area contributed by atoms with Gasteiger partial charge in [-0.1, -0.05) is 36.4 Å². The molecule has 3 rings (SSSR count). The molecule has 0 atom stereocenters. The zero-order valence-electron chi connectivity index (χ0n) is 11.4. The first kappa shape index (κ1) is 13.1. The van der Waals surface area contributed by atoms with Crippen molar-refractivity contribution in [1.82, 2.24) is 0 Å². The highest BCUT2D eigenvalue weighted by Gasteiger charge is 2.30. The third-order valence-electron chi connectivity index (χ3n) is 3.38. The summed E-state index contributed by atoms with van der Waals surface area (Å²) >= 11 is 0. The molecule has 0 aliphatic heterocycles. The molecule has 0 fully saturated rings. The van der Waals surface area contributed by atoms with Crippen LogP contribution in [0.4, 0.5) is 5.69 Å². The van der Waals surface area contributed by atoms with E-state index in [0.717, 1.165) is 0 Å². The SMILES string of the molecule is CC(=O)Nc1ccc(C2=C(O)c3ccccc3C2=O)cc1. The van der Waals surface area contributed by atoms with E-state index in [4.69, 9.17) is 0 Å². The Bertz CT molecular complexity index is 773. The second kappa shape index (κ2) is 4.90. The summed E-state index contributed by atoms with van der Waals surface area (Å²) in [6.07, 6.45) is 0. The van der Waals surface area contributed by atoms with Gasteiger partial charge in [0.25, 0.3) is 0 Å². The number of fused-ring (bicyclic) bond motifs is 1. The van der Waals surface area contributed by atoms with Crippen LogP contribution in [0.15, 0.2) is 48.5 Å². The van der Waals surface area contributed by atoms with Crippen LogP contribution in [0.5, 0.6) is 0 Å². The Morgan fingerprint density at radius 3 is 2.19 bits per heavy atom. The van der Waals surface area contributed by atoms with Gasteiger partial charge in [-0.2, -0.15) is 0 Å². The summed E-state index contributed by atoms with van der Waals surface area (Å²) in [4.78, 5) is 23.4. The fourth-order valence-electron chi connectivity index (χ4n) is 2.46. The predicted molar refractivity (Wildman–Crippen MR) is 81.0 cm³/mol. The van der Waals surface area contributed by atoms with Gasteiger partial charge in [0.15, 0.2) is 5.78 Å². The largest absolute Gasteiger partial charge is 0.507 e. The first-order chi connectivity index (χ1) is 10.1. The van der Waals surface area contributed by atoms with Gasteiger partial charge in [0.2, 0.25) is 5.91 Å². The molecule has 1 amide bonds. The Morgan fingerprint density at radius 2 is 1.62 bits per heavy atom. The van der Waals surface area contributed by atoms with E-state index in [2.05, 4.69) is 5.32 Å². The number of aliphatic hydroxyl groups excluding tert-OH is 1. The van der Waals surface area contributed by atoms with E-state index in [9.17, 15) is 14.7 Å². The summed E-state index contributed by atoms with van der Waals surface area (Å²) in [7, 11) is 0. The number of carbonyl (C=O) groups is 2. The fourth-order valence-corrected chi connectivity index (χ4v) is 2.46. The number of hydrogen-bond donors (Lipinski definition) is 2. The van der Waals surface area contributed by atoms with E-state index in [0.29, 0.717) is 28.0 Å². The van der Waals surface area contributed by atoms with Gasteiger partial charge in [-0.3, -0.25) is 9.59 Å². The van der Waals surface area contributed by atoms with Crippen molar-refractivity contribution in [3.05, 3.63) is 65.2 Å². The topological polar surface area (TPSA) is 66.4 Å².